The minimum absolute atomic E-state index is 0.0875. The average Bonchev–Trinajstić information content (AvgIpc) is 3.80. The highest BCUT2D eigenvalue weighted by molar-refractivity contribution is 6.22. The van der Waals surface area contributed by atoms with Gasteiger partial charge in [-0.15, -0.1) is 0 Å². The second-order valence-electron chi connectivity index (χ2n) is 17.9. The van der Waals surface area contributed by atoms with Crippen molar-refractivity contribution in [1.29, 1.82) is 0 Å². The van der Waals surface area contributed by atoms with Gasteiger partial charge in [-0.2, -0.15) is 0 Å². The Morgan fingerprint density at radius 3 is 2.00 bits per heavy atom. The molecule has 2 nitrogen and oxygen atoms in total. The van der Waals surface area contributed by atoms with E-state index < -0.39 is 0 Å². The Bertz CT molecular complexity index is 3370. The summed E-state index contributed by atoms with van der Waals surface area (Å²) in [4.78, 5) is 2.56. The molecule has 1 unspecified atom stereocenters. The molecule has 1 atom stereocenters. The molecule has 1 aromatic heterocycles. The van der Waals surface area contributed by atoms with Gasteiger partial charge in [0.2, 0.25) is 0 Å². The summed E-state index contributed by atoms with van der Waals surface area (Å²) in [5.74, 6) is 0. The van der Waals surface area contributed by atoms with Crippen LogP contribution in [-0.2, 0) is 5.41 Å². The van der Waals surface area contributed by atoms with Gasteiger partial charge in [0.15, 0.2) is 0 Å². The minimum atomic E-state index is -0.0875. The molecule has 63 heavy (non-hydrogen) atoms. The molecule has 0 saturated carbocycles. The fourth-order valence-corrected chi connectivity index (χ4v) is 10.7. The van der Waals surface area contributed by atoms with Crippen LogP contribution in [0.25, 0.3) is 77.2 Å². The fraction of sp³-hybridized carbons (Fsp3) is 0.115. The van der Waals surface area contributed by atoms with Crippen LogP contribution in [0.2, 0.25) is 0 Å². The molecule has 0 bridgehead atoms. The zero-order valence-electron chi connectivity index (χ0n) is 35.8. The number of allylic oxidation sites excluding steroid dienone is 6. The van der Waals surface area contributed by atoms with Gasteiger partial charge in [0.25, 0.3) is 0 Å². The molecule has 8 aromatic carbocycles. The third-order valence-corrected chi connectivity index (χ3v) is 13.9. The summed E-state index contributed by atoms with van der Waals surface area (Å²) in [6, 6.07) is 65.6. The fourth-order valence-electron chi connectivity index (χ4n) is 10.7. The van der Waals surface area contributed by atoms with Gasteiger partial charge in [0.05, 0.1) is 17.1 Å². The first-order valence-electron chi connectivity index (χ1n) is 22.5. The molecule has 1 heterocycles. The van der Waals surface area contributed by atoms with E-state index in [0.29, 0.717) is 0 Å². The number of hydrogen-bond donors (Lipinski definition) is 0. The lowest BCUT2D eigenvalue weighted by molar-refractivity contribution is 0.659. The summed E-state index contributed by atoms with van der Waals surface area (Å²) >= 11 is 0. The molecular formula is C61H48N2. The Morgan fingerprint density at radius 1 is 0.508 bits per heavy atom. The van der Waals surface area contributed by atoms with Crippen LogP contribution in [0.4, 0.5) is 11.4 Å². The molecule has 0 spiro atoms. The first-order valence-corrected chi connectivity index (χ1v) is 22.5. The topological polar surface area (TPSA) is 8.17 Å². The lowest BCUT2D eigenvalue weighted by Gasteiger charge is -2.34. The van der Waals surface area contributed by atoms with Gasteiger partial charge >= 0.3 is 0 Å². The van der Waals surface area contributed by atoms with Gasteiger partial charge in [0, 0.05) is 33.3 Å². The van der Waals surface area contributed by atoms with E-state index in [0.717, 1.165) is 19.3 Å². The zero-order valence-corrected chi connectivity index (χ0v) is 35.8. The van der Waals surface area contributed by atoms with Crippen LogP contribution in [0.5, 0.6) is 0 Å². The van der Waals surface area contributed by atoms with E-state index in [1.807, 2.05) is 0 Å². The molecule has 0 N–H and O–H groups in total. The molecular weight excluding hydrogens is 761 g/mol. The van der Waals surface area contributed by atoms with Crippen molar-refractivity contribution >= 4 is 55.2 Å². The van der Waals surface area contributed by atoms with E-state index in [2.05, 4.69) is 236 Å². The van der Waals surface area contributed by atoms with Gasteiger partial charge in [0.1, 0.15) is 0 Å². The summed E-state index contributed by atoms with van der Waals surface area (Å²) in [6.07, 6.45) is 17.2. The zero-order chi connectivity index (χ0) is 42.1. The molecule has 9 aromatic rings. The first kappa shape index (κ1) is 37.4. The number of benzene rings is 8. The van der Waals surface area contributed by atoms with Crippen molar-refractivity contribution in [3.63, 3.8) is 0 Å². The molecule has 0 saturated heterocycles. The summed E-state index contributed by atoms with van der Waals surface area (Å²) in [5.41, 5.74) is 19.0. The van der Waals surface area contributed by atoms with Crippen LogP contribution in [0.3, 0.4) is 0 Å². The Labute approximate surface area is 370 Å². The van der Waals surface area contributed by atoms with E-state index >= 15 is 0 Å². The quantitative estimate of drug-likeness (QED) is 0.156. The minimum Gasteiger partial charge on any atom is -0.334 e. The highest BCUT2D eigenvalue weighted by Gasteiger charge is 2.36. The van der Waals surface area contributed by atoms with Gasteiger partial charge in [-0.3, -0.25) is 0 Å². The van der Waals surface area contributed by atoms with Crippen LogP contribution in [0.15, 0.2) is 212 Å². The van der Waals surface area contributed by atoms with E-state index in [4.69, 9.17) is 0 Å². The molecule has 0 amide bonds. The second kappa shape index (κ2) is 14.9. The van der Waals surface area contributed by atoms with Gasteiger partial charge < -0.3 is 9.47 Å². The summed E-state index contributed by atoms with van der Waals surface area (Å²) < 4.78 is 2.46. The van der Waals surface area contributed by atoms with Crippen LogP contribution in [0.1, 0.15) is 49.8 Å². The molecule has 0 fully saturated rings. The molecule has 0 aliphatic heterocycles. The lowest BCUT2D eigenvalue weighted by atomic mass is 9.82. The third kappa shape index (κ3) is 6.23. The Morgan fingerprint density at radius 2 is 1.19 bits per heavy atom. The Kier molecular flexibility index (Phi) is 8.83. The molecule has 12 rings (SSSR count). The van der Waals surface area contributed by atoms with E-state index in [-0.39, 0.29) is 11.5 Å². The van der Waals surface area contributed by atoms with Crippen LogP contribution in [0, 0.1) is 0 Å². The number of fused-ring (bicyclic) bond motifs is 8. The predicted octanol–water partition coefficient (Wildman–Crippen LogP) is 16.3. The highest BCUT2D eigenvalue weighted by Crippen LogP contribution is 2.50. The molecule has 3 aliphatic rings. The Hall–Kier alpha value is -7.42. The van der Waals surface area contributed by atoms with Gasteiger partial charge in [-0.25, -0.2) is 0 Å². The standard InChI is InChI=1S/C61H48N2/c1-61(2)56-20-12-11-19-53(56)54-36-35-51(40-57(54)61)62(49-31-25-44(26-32-49)43-23-21-42(22-24-43)41-13-5-3-6-14-41)50-33-27-45(28-34-50)47-30-37-58-55(39-47)60-52-18-10-9-15-46(52)29-38-59(60)63(58)48-16-7-4-8-17-48/h3,5-7,9-31,33-40,49H,4,8,32H2,1-2H3. The molecule has 3 aliphatic carbocycles. The van der Waals surface area contributed by atoms with E-state index in [9.17, 15) is 0 Å². The average molecular weight is 809 g/mol. The maximum Gasteiger partial charge on any atom is 0.0560 e. The van der Waals surface area contributed by atoms with Crippen LogP contribution in [-0.4, -0.2) is 10.6 Å². The van der Waals surface area contributed by atoms with Crippen molar-refractivity contribution in [3.05, 3.63) is 229 Å². The van der Waals surface area contributed by atoms with Crippen molar-refractivity contribution in [2.45, 2.75) is 44.6 Å². The molecule has 2 heteroatoms. The third-order valence-electron chi connectivity index (χ3n) is 13.9. The van der Waals surface area contributed by atoms with Gasteiger partial charge in [-0.05, 0) is 134 Å². The summed E-state index contributed by atoms with van der Waals surface area (Å²) in [7, 11) is 0. The number of nitrogens with zero attached hydrogens (tertiary/aromatic N) is 2. The lowest BCUT2D eigenvalue weighted by Crippen LogP contribution is -2.30. The molecule has 302 valence electrons. The van der Waals surface area contributed by atoms with Crippen molar-refractivity contribution in [1.82, 2.24) is 4.57 Å². The van der Waals surface area contributed by atoms with Crippen molar-refractivity contribution in [3.8, 4) is 33.4 Å². The highest BCUT2D eigenvalue weighted by atomic mass is 15.2. The van der Waals surface area contributed by atoms with Crippen molar-refractivity contribution in [2.24, 2.45) is 0 Å². The first-order chi connectivity index (χ1) is 31.0. The monoisotopic (exact) mass is 808 g/mol. The number of anilines is 2. The smallest absolute Gasteiger partial charge is 0.0560 e. The summed E-state index contributed by atoms with van der Waals surface area (Å²) in [6.45, 7) is 4.75. The van der Waals surface area contributed by atoms with Gasteiger partial charge in [-0.1, -0.05) is 178 Å². The van der Waals surface area contributed by atoms with Crippen LogP contribution < -0.4 is 4.90 Å². The number of hydrogen-bond acceptors (Lipinski definition) is 1. The Balaban J connectivity index is 0.926. The maximum absolute atomic E-state index is 2.56. The van der Waals surface area contributed by atoms with Crippen molar-refractivity contribution < 1.29 is 0 Å². The normalized spacial score (nSPS) is 16.3. The maximum atomic E-state index is 2.56. The summed E-state index contributed by atoms with van der Waals surface area (Å²) in [5, 5.41) is 5.17. The number of aromatic nitrogens is 1. The predicted molar refractivity (Wildman–Crippen MR) is 269 cm³/mol. The SMILES string of the molecule is CC1(C)c2ccccc2-c2ccc(N(c3ccc(-c4ccc5c(c4)c4c6ccccc6ccc4n5C4=CCCC=C4)cc3)C3C=CC(c4ccc(-c5ccccc5)cc4)=CC3)cc21. The van der Waals surface area contributed by atoms with Crippen molar-refractivity contribution in [2.75, 3.05) is 4.90 Å². The van der Waals surface area contributed by atoms with Crippen LogP contribution >= 0.6 is 0 Å². The number of rotatable bonds is 7. The van der Waals surface area contributed by atoms with E-state index in [1.54, 1.807) is 0 Å². The molecule has 0 radical (unpaired) electrons. The van der Waals surface area contributed by atoms with E-state index in [1.165, 1.54) is 105 Å². The second-order valence-corrected chi connectivity index (χ2v) is 17.9. The largest absolute Gasteiger partial charge is 0.334 e.